The molecule has 0 aromatic carbocycles. The van der Waals surface area contributed by atoms with Crippen LogP contribution in [-0.2, 0) is 14.6 Å². The molecule has 0 aromatic heterocycles. The zero-order valence-electron chi connectivity index (χ0n) is 9.76. The Morgan fingerprint density at radius 2 is 2.18 bits per heavy atom. The van der Waals surface area contributed by atoms with Crippen LogP contribution in [0.3, 0.4) is 0 Å². The molecule has 1 amide bonds. The van der Waals surface area contributed by atoms with E-state index in [0.29, 0.717) is 26.1 Å². The fourth-order valence-corrected chi connectivity index (χ4v) is 4.01. The molecular weight excluding hydrogens is 240 g/mol. The van der Waals surface area contributed by atoms with Crippen LogP contribution in [0.15, 0.2) is 12.7 Å². The maximum Gasteiger partial charge on any atom is 0.228 e. The highest BCUT2D eigenvalue weighted by Crippen LogP contribution is 2.20. The smallest absolute Gasteiger partial charge is 0.228 e. The Kier molecular flexibility index (Phi) is 3.53. The van der Waals surface area contributed by atoms with Gasteiger partial charge in [-0.25, -0.2) is 8.42 Å². The number of hydrogen-bond donors (Lipinski definition) is 1. The molecular formula is C11H18N2O3S. The van der Waals surface area contributed by atoms with Crippen LogP contribution in [0, 0.1) is 5.92 Å². The van der Waals surface area contributed by atoms with Crippen LogP contribution in [0.25, 0.3) is 0 Å². The van der Waals surface area contributed by atoms with Crippen molar-refractivity contribution >= 4 is 15.7 Å². The molecule has 0 aliphatic carbocycles. The van der Waals surface area contributed by atoms with Crippen molar-refractivity contribution in [1.29, 1.82) is 0 Å². The number of rotatable bonds is 4. The van der Waals surface area contributed by atoms with Crippen LogP contribution in [0.4, 0.5) is 0 Å². The van der Waals surface area contributed by atoms with E-state index in [9.17, 15) is 13.2 Å². The number of sulfone groups is 1. The van der Waals surface area contributed by atoms with E-state index in [2.05, 4.69) is 11.9 Å². The molecule has 0 bridgehead atoms. The molecule has 96 valence electrons. The molecule has 2 aliphatic heterocycles. The molecule has 2 aliphatic rings. The summed E-state index contributed by atoms with van der Waals surface area (Å²) in [6.07, 6.45) is 2.22. The van der Waals surface area contributed by atoms with Crippen LogP contribution in [0.1, 0.15) is 6.42 Å². The van der Waals surface area contributed by atoms with Crippen LogP contribution in [-0.4, -0.2) is 56.4 Å². The van der Waals surface area contributed by atoms with Crippen molar-refractivity contribution < 1.29 is 13.2 Å². The van der Waals surface area contributed by atoms with Gasteiger partial charge in [0.25, 0.3) is 0 Å². The average Bonchev–Trinajstić information content (AvgIpc) is 2.52. The number of carbonyl (C=O) groups is 1. The molecule has 1 N–H and O–H groups in total. The molecule has 2 rings (SSSR count). The van der Waals surface area contributed by atoms with Crippen molar-refractivity contribution in [3.8, 4) is 0 Å². The molecule has 2 heterocycles. The van der Waals surface area contributed by atoms with Crippen molar-refractivity contribution in [1.82, 2.24) is 10.2 Å². The first kappa shape index (κ1) is 12.6. The molecule has 1 atom stereocenters. The molecule has 6 heteroatoms. The standard InChI is InChI=1S/C11H18N2O3S/c1-2-4-13(11(14)9-6-12-7-9)10-3-5-17(15,16)8-10/h2,9-10,12H,1,3-8H2. The van der Waals surface area contributed by atoms with Crippen molar-refractivity contribution in [3.63, 3.8) is 0 Å². The Morgan fingerprint density at radius 1 is 1.47 bits per heavy atom. The number of nitrogens with zero attached hydrogens (tertiary/aromatic N) is 1. The fourth-order valence-electron chi connectivity index (χ4n) is 2.28. The first-order chi connectivity index (χ1) is 8.03. The summed E-state index contributed by atoms with van der Waals surface area (Å²) >= 11 is 0. The highest BCUT2D eigenvalue weighted by atomic mass is 32.2. The lowest BCUT2D eigenvalue weighted by Gasteiger charge is -2.34. The number of carbonyl (C=O) groups excluding carboxylic acids is 1. The summed E-state index contributed by atoms with van der Waals surface area (Å²) in [5, 5.41) is 3.05. The third-order valence-corrected chi connectivity index (χ3v) is 5.14. The lowest BCUT2D eigenvalue weighted by atomic mass is 10.0. The second kappa shape index (κ2) is 4.78. The summed E-state index contributed by atoms with van der Waals surface area (Å²) in [7, 11) is -2.95. The van der Waals surface area contributed by atoms with Gasteiger partial charge < -0.3 is 10.2 Å². The molecule has 1 unspecified atom stereocenters. The minimum absolute atomic E-state index is 0.0123. The van der Waals surface area contributed by atoms with E-state index in [1.807, 2.05) is 0 Å². The summed E-state index contributed by atoms with van der Waals surface area (Å²) in [4.78, 5) is 13.8. The fraction of sp³-hybridized carbons (Fsp3) is 0.727. The highest BCUT2D eigenvalue weighted by molar-refractivity contribution is 7.91. The second-order valence-corrected chi connectivity index (χ2v) is 6.92. The van der Waals surface area contributed by atoms with E-state index < -0.39 is 9.84 Å². The van der Waals surface area contributed by atoms with Crippen molar-refractivity contribution in [2.75, 3.05) is 31.1 Å². The molecule has 0 aromatic rings. The Hall–Kier alpha value is -0.880. The maximum atomic E-state index is 12.2. The number of hydrogen-bond acceptors (Lipinski definition) is 4. The van der Waals surface area contributed by atoms with E-state index in [1.54, 1.807) is 11.0 Å². The Balaban J connectivity index is 2.06. The van der Waals surface area contributed by atoms with Crippen LogP contribution in [0.2, 0.25) is 0 Å². The molecule has 0 spiro atoms. The lowest BCUT2D eigenvalue weighted by molar-refractivity contribution is -0.138. The van der Waals surface area contributed by atoms with Gasteiger partial charge in [-0.2, -0.15) is 0 Å². The largest absolute Gasteiger partial charge is 0.335 e. The van der Waals surface area contributed by atoms with Crippen molar-refractivity contribution in [2.24, 2.45) is 5.92 Å². The van der Waals surface area contributed by atoms with Gasteiger partial charge in [-0.15, -0.1) is 6.58 Å². The van der Waals surface area contributed by atoms with Crippen LogP contribution >= 0.6 is 0 Å². The lowest BCUT2D eigenvalue weighted by Crippen LogP contribution is -2.54. The van der Waals surface area contributed by atoms with Crippen molar-refractivity contribution in [2.45, 2.75) is 12.5 Å². The zero-order chi connectivity index (χ0) is 12.5. The number of nitrogens with one attached hydrogen (secondary N) is 1. The molecule has 0 radical (unpaired) electrons. The first-order valence-electron chi connectivity index (χ1n) is 5.86. The molecule has 5 nitrogen and oxygen atoms in total. The molecule has 0 saturated carbocycles. The van der Waals surface area contributed by atoms with Gasteiger partial charge in [-0.05, 0) is 6.42 Å². The van der Waals surface area contributed by atoms with Gasteiger partial charge >= 0.3 is 0 Å². The molecule has 17 heavy (non-hydrogen) atoms. The van der Waals surface area contributed by atoms with Gasteiger partial charge in [0.15, 0.2) is 9.84 Å². The van der Waals surface area contributed by atoms with Gasteiger partial charge in [0.2, 0.25) is 5.91 Å². The van der Waals surface area contributed by atoms with Gasteiger partial charge in [-0.1, -0.05) is 6.08 Å². The number of amides is 1. The minimum Gasteiger partial charge on any atom is -0.335 e. The third kappa shape index (κ3) is 2.69. The maximum absolute atomic E-state index is 12.2. The monoisotopic (exact) mass is 258 g/mol. The summed E-state index contributed by atoms with van der Waals surface area (Å²) in [5.74, 6) is 0.373. The SMILES string of the molecule is C=CCN(C(=O)C1CNC1)C1CCS(=O)(=O)C1. The van der Waals surface area contributed by atoms with Gasteiger partial charge in [0, 0.05) is 25.7 Å². The minimum atomic E-state index is -2.95. The molecule has 2 fully saturated rings. The predicted octanol–water partition coefficient (Wildman–Crippen LogP) is -0.592. The summed E-state index contributed by atoms with van der Waals surface area (Å²) in [6, 6.07) is -0.161. The van der Waals surface area contributed by atoms with Gasteiger partial charge in [0.1, 0.15) is 0 Å². The summed E-state index contributed by atoms with van der Waals surface area (Å²) in [5.41, 5.74) is 0. The van der Waals surface area contributed by atoms with E-state index in [0.717, 1.165) is 0 Å². The van der Waals surface area contributed by atoms with E-state index in [4.69, 9.17) is 0 Å². The van der Waals surface area contributed by atoms with E-state index >= 15 is 0 Å². The van der Waals surface area contributed by atoms with E-state index in [-0.39, 0.29) is 29.4 Å². The Morgan fingerprint density at radius 3 is 2.59 bits per heavy atom. The molecule has 2 saturated heterocycles. The quantitative estimate of drug-likeness (QED) is 0.684. The predicted molar refractivity (Wildman–Crippen MR) is 65.3 cm³/mol. The zero-order valence-corrected chi connectivity index (χ0v) is 10.6. The third-order valence-electron chi connectivity index (χ3n) is 3.39. The second-order valence-electron chi connectivity index (χ2n) is 4.69. The van der Waals surface area contributed by atoms with Crippen molar-refractivity contribution in [3.05, 3.63) is 12.7 Å². The van der Waals surface area contributed by atoms with Gasteiger partial charge in [0.05, 0.1) is 17.4 Å². The average molecular weight is 258 g/mol. The summed E-state index contributed by atoms with van der Waals surface area (Å²) < 4.78 is 22.9. The first-order valence-corrected chi connectivity index (χ1v) is 7.68. The Bertz CT molecular complexity index is 414. The van der Waals surface area contributed by atoms with Crippen LogP contribution < -0.4 is 5.32 Å². The van der Waals surface area contributed by atoms with Crippen LogP contribution in [0.5, 0.6) is 0 Å². The van der Waals surface area contributed by atoms with Gasteiger partial charge in [-0.3, -0.25) is 4.79 Å². The Labute approximate surface area is 102 Å². The van der Waals surface area contributed by atoms with E-state index in [1.165, 1.54) is 0 Å². The normalized spacial score (nSPS) is 27.4. The highest BCUT2D eigenvalue weighted by Gasteiger charge is 2.37. The summed E-state index contributed by atoms with van der Waals surface area (Å²) in [6.45, 7) is 5.48. The topological polar surface area (TPSA) is 66.5 Å².